The minimum atomic E-state index is -0.860. The first-order valence-corrected chi connectivity index (χ1v) is 7.33. The Morgan fingerprint density at radius 2 is 1.94 bits per heavy atom. The molecule has 1 aliphatic heterocycles. The molecule has 0 aromatic heterocycles. The van der Waals surface area contributed by atoms with Crippen molar-refractivity contribution in [2.24, 2.45) is 17.4 Å². The highest BCUT2D eigenvalue weighted by Gasteiger charge is 2.34. The summed E-state index contributed by atoms with van der Waals surface area (Å²) >= 11 is 0. The van der Waals surface area contributed by atoms with Crippen molar-refractivity contribution < 1.29 is 4.79 Å². The standard InChI is InChI=1S/C14H27N3O/c1-14(16,13(15)18)8-10-17-9-4-6-11-5-2-3-7-12(11)17/h11-12H,2-10,16H2,1H3,(H2,15,18)/t11-,12-,14?/m1/s1. The van der Waals surface area contributed by atoms with Crippen LogP contribution >= 0.6 is 0 Å². The van der Waals surface area contributed by atoms with Crippen LogP contribution in [0.2, 0.25) is 0 Å². The van der Waals surface area contributed by atoms with Gasteiger partial charge in [-0.05, 0) is 51.5 Å². The van der Waals surface area contributed by atoms with Crippen LogP contribution in [-0.2, 0) is 4.79 Å². The zero-order valence-electron chi connectivity index (χ0n) is 11.5. The Labute approximate surface area is 110 Å². The molecule has 2 rings (SSSR count). The Morgan fingerprint density at radius 3 is 2.67 bits per heavy atom. The van der Waals surface area contributed by atoms with E-state index in [9.17, 15) is 4.79 Å². The number of nitrogens with zero attached hydrogens (tertiary/aromatic N) is 1. The Hall–Kier alpha value is -0.610. The van der Waals surface area contributed by atoms with Gasteiger partial charge in [0.1, 0.15) is 0 Å². The van der Waals surface area contributed by atoms with Crippen molar-refractivity contribution in [2.75, 3.05) is 13.1 Å². The Balaban J connectivity index is 1.90. The molecule has 3 atom stereocenters. The molecule has 1 amide bonds. The minimum absolute atomic E-state index is 0.389. The summed E-state index contributed by atoms with van der Waals surface area (Å²) in [4.78, 5) is 13.8. The second-order valence-corrected chi connectivity index (χ2v) is 6.32. The molecule has 2 aliphatic rings. The van der Waals surface area contributed by atoms with Crippen molar-refractivity contribution in [3.63, 3.8) is 0 Å². The second-order valence-electron chi connectivity index (χ2n) is 6.32. The van der Waals surface area contributed by atoms with Crippen molar-refractivity contribution >= 4 is 5.91 Å². The van der Waals surface area contributed by atoms with Gasteiger partial charge < -0.3 is 16.4 Å². The number of amides is 1. The smallest absolute Gasteiger partial charge is 0.237 e. The number of carbonyl (C=O) groups excluding carboxylic acids is 1. The summed E-state index contributed by atoms with van der Waals surface area (Å²) in [6, 6.07) is 0.733. The van der Waals surface area contributed by atoms with Crippen LogP contribution in [0.15, 0.2) is 0 Å². The van der Waals surface area contributed by atoms with E-state index in [1.54, 1.807) is 6.92 Å². The van der Waals surface area contributed by atoms with Crippen LogP contribution in [0.5, 0.6) is 0 Å². The molecule has 18 heavy (non-hydrogen) atoms. The summed E-state index contributed by atoms with van der Waals surface area (Å²) in [7, 11) is 0. The Morgan fingerprint density at radius 1 is 1.28 bits per heavy atom. The first kappa shape index (κ1) is 13.8. The first-order chi connectivity index (χ1) is 8.50. The molecule has 2 fully saturated rings. The van der Waals surface area contributed by atoms with Crippen LogP contribution in [0.3, 0.4) is 0 Å². The molecule has 1 saturated carbocycles. The predicted octanol–water partition coefficient (Wildman–Crippen LogP) is 1.23. The number of nitrogens with two attached hydrogens (primary N) is 2. The van der Waals surface area contributed by atoms with Gasteiger partial charge in [-0.2, -0.15) is 0 Å². The van der Waals surface area contributed by atoms with Gasteiger partial charge >= 0.3 is 0 Å². The third kappa shape index (κ3) is 3.04. The van der Waals surface area contributed by atoms with Crippen molar-refractivity contribution in [2.45, 2.75) is 63.5 Å². The van der Waals surface area contributed by atoms with Crippen LogP contribution in [-0.4, -0.2) is 35.5 Å². The van der Waals surface area contributed by atoms with Crippen molar-refractivity contribution in [3.8, 4) is 0 Å². The fraction of sp³-hybridized carbons (Fsp3) is 0.929. The van der Waals surface area contributed by atoms with E-state index in [4.69, 9.17) is 11.5 Å². The highest BCUT2D eigenvalue weighted by atomic mass is 16.1. The van der Waals surface area contributed by atoms with Gasteiger partial charge in [0.2, 0.25) is 5.91 Å². The first-order valence-electron chi connectivity index (χ1n) is 7.33. The van der Waals surface area contributed by atoms with Crippen LogP contribution in [0.4, 0.5) is 0 Å². The number of piperidine rings is 1. The maximum atomic E-state index is 11.3. The SMILES string of the molecule is CC(N)(CCN1CCC[C@H]2CCCC[C@H]21)C(N)=O. The third-order valence-corrected chi connectivity index (χ3v) is 4.84. The summed E-state index contributed by atoms with van der Waals surface area (Å²) in [6.07, 6.45) is 8.80. The predicted molar refractivity (Wildman–Crippen MR) is 73.0 cm³/mol. The number of hydrogen-bond donors (Lipinski definition) is 2. The maximum Gasteiger partial charge on any atom is 0.237 e. The van der Waals surface area contributed by atoms with E-state index in [0.29, 0.717) is 6.42 Å². The van der Waals surface area contributed by atoms with Gasteiger partial charge in [-0.3, -0.25) is 4.79 Å². The normalized spacial score (nSPS) is 32.6. The second kappa shape index (κ2) is 5.57. The summed E-state index contributed by atoms with van der Waals surface area (Å²) in [5.41, 5.74) is 10.4. The summed E-state index contributed by atoms with van der Waals surface area (Å²) in [5.74, 6) is 0.491. The highest BCUT2D eigenvalue weighted by Crippen LogP contribution is 2.35. The van der Waals surface area contributed by atoms with Gasteiger partial charge in [0.25, 0.3) is 0 Å². The quantitative estimate of drug-likeness (QED) is 0.791. The van der Waals surface area contributed by atoms with Crippen molar-refractivity contribution in [1.82, 2.24) is 4.90 Å². The maximum absolute atomic E-state index is 11.3. The van der Waals surface area contributed by atoms with E-state index in [1.165, 1.54) is 38.5 Å². The Kier molecular flexibility index (Phi) is 4.28. The van der Waals surface area contributed by atoms with Gasteiger partial charge in [-0.25, -0.2) is 0 Å². The number of carbonyl (C=O) groups is 1. The van der Waals surface area contributed by atoms with Gasteiger partial charge in [0, 0.05) is 12.6 Å². The molecule has 1 unspecified atom stereocenters. The van der Waals surface area contributed by atoms with Gasteiger partial charge in [-0.15, -0.1) is 0 Å². The third-order valence-electron chi connectivity index (χ3n) is 4.84. The molecule has 0 radical (unpaired) electrons. The van der Waals surface area contributed by atoms with Crippen LogP contribution in [0.1, 0.15) is 51.9 Å². The zero-order chi connectivity index (χ0) is 13.2. The average Bonchev–Trinajstić information content (AvgIpc) is 2.36. The molecule has 1 aliphatic carbocycles. The molecule has 1 heterocycles. The van der Waals surface area contributed by atoms with Gasteiger partial charge in [0.05, 0.1) is 5.54 Å². The van der Waals surface area contributed by atoms with E-state index in [-0.39, 0.29) is 5.91 Å². The molecule has 4 heteroatoms. The fourth-order valence-corrected chi connectivity index (χ4v) is 3.50. The lowest BCUT2D eigenvalue weighted by atomic mass is 9.78. The number of rotatable bonds is 4. The molecule has 0 aromatic carbocycles. The molecular weight excluding hydrogens is 226 g/mol. The Bertz CT molecular complexity index is 301. The number of likely N-dealkylation sites (tertiary alicyclic amines) is 1. The summed E-state index contributed by atoms with van der Waals surface area (Å²) in [6.45, 7) is 3.82. The summed E-state index contributed by atoms with van der Waals surface area (Å²) < 4.78 is 0. The van der Waals surface area contributed by atoms with E-state index >= 15 is 0 Å². The number of fused-ring (bicyclic) bond motifs is 1. The largest absolute Gasteiger partial charge is 0.368 e. The molecule has 4 nitrogen and oxygen atoms in total. The van der Waals surface area contributed by atoms with E-state index in [0.717, 1.165) is 25.0 Å². The molecular formula is C14H27N3O. The molecule has 0 spiro atoms. The molecule has 0 aromatic rings. The molecule has 104 valence electrons. The van der Waals surface area contributed by atoms with Crippen LogP contribution in [0.25, 0.3) is 0 Å². The van der Waals surface area contributed by atoms with Gasteiger partial charge in [-0.1, -0.05) is 12.8 Å². The fourth-order valence-electron chi connectivity index (χ4n) is 3.50. The minimum Gasteiger partial charge on any atom is -0.368 e. The highest BCUT2D eigenvalue weighted by molar-refractivity contribution is 5.83. The van der Waals surface area contributed by atoms with E-state index < -0.39 is 5.54 Å². The van der Waals surface area contributed by atoms with E-state index in [1.807, 2.05) is 0 Å². The number of hydrogen-bond acceptors (Lipinski definition) is 3. The lowest BCUT2D eigenvalue weighted by Gasteiger charge is -2.44. The van der Waals surface area contributed by atoms with Crippen molar-refractivity contribution in [1.29, 1.82) is 0 Å². The zero-order valence-corrected chi connectivity index (χ0v) is 11.5. The average molecular weight is 253 g/mol. The number of primary amides is 1. The van der Waals surface area contributed by atoms with Crippen LogP contribution in [0, 0.1) is 5.92 Å². The molecule has 1 saturated heterocycles. The lowest BCUT2D eigenvalue weighted by Crippen LogP contribution is -2.53. The van der Waals surface area contributed by atoms with Crippen LogP contribution < -0.4 is 11.5 Å². The summed E-state index contributed by atoms with van der Waals surface area (Å²) in [5, 5.41) is 0. The van der Waals surface area contributed by atoms with E-state index in [2.05, 4.69) is 4.90 Å². The van der Waals surface area contributed by atoms with Gasteiger partial charge in [0.15, 0.2) is 0 Å². The topological polar surface area (TPSA) is 72.3 Å². The monoisotopic (exact) mass is 253 g/mol. The molecule has 0 bridgehead atoms. The lowest BCUT2D eigenvalue weighted by molar-refractivity contribution is -0.123. The molecule has 4 N–H and O–H groups in total. The van der Waals surface area contributed by atoms with Crippen molar-refractivity contribution in [3.05, 3.63) is 0 Å².